The summed E-state index contributed by atoms with van der Waals surface area (Å²) in [7, 11) is 0. The van der Waals surface area contributed by atoms with E-state index in [-0.39, 0.29) is 17.1 Å². The van der Waals surface area contributed by atoms with Gasteiger partial charge in [0.25, 0.3) is 0 Å². The van der Waals surface area contributed by atoms with Gasteiger partial charge in [0.05, 0.1) is 5.56 Å². The Morgan fingerprint density at radius 3 is 2.43 bits per heavy atom. The minimum atomic E-state index is -0.509. The zero-order valence-electron chi connectivity index (χ0n) is 8.66. The molecule has 0 saturated carbocycles. The number of ketones is 1. The van der Waals surface area contributed by atoms with Crippen molar-refractivity contribution in [3.8, 4) is 5.75 Å². The van der Waals surface area contributed by atoms with Gasteiger partial charge in [-0.25, -0.2) is 0 Å². The number of carbonyl (C=O) groups is 1. The summed E-state index contributed by atoms with van der Waals surface area (Å²) in [6.45, 7) is 5.41. The van der Waals surface area contributed by atoms with E-state index in [0.29, 0.717) is 5.69 Å². The van der Waals surface area contributed by atoms with Gasteiger partial charge in [0, 0.05) is 11.1 Å². The molecule has 3 N–H and O–H groups in total. The molecular weight excluding hydrogens is 178 g/mol. The van der Waals surface area contributed by atoms with Crippen LogP contribution in [0.3, 0.4) is 0 Å². The SMILES string of the molecule is CC(C)(C)C(=O)c1cc(N)ccc1O. The summed E-state index contributed by atoms with van der Waals surface area (Å²) < 4.78 is 0. The third-order valence-electron chi connectivity index (χ3n) is 1.95. The molecule has 3 heteroatoms. The second-order valence-electron chi connectivity index (χ2n) is 4.36. The molecule has 0 saturated heterocycles. The van der Waals surface area contributed by atoms with Crippen LogP contribution in [0, 0.1) is 5.41 Å². The molecule has 0 unspecified atom stereocenters. The Balaban J connectivity index is 3.19. The van der Waals surface area contributed by atoms with Crippen LogP contribution in [-0.4, -0.2) is 10.9 Å². The quantitative estimate of drug-likeness (QED) is 0.408. The zero-order chi connectivity index (χ0) is 10.9. The second kappa shape index (κ2) is 3.33. The van der Waals surface area contributed by atoms with E-state index < -0.39 is 5.41 Å². The molecule has 0 atom stereocenters. The van der Waals surface area contributed by atoms with E-state index in [0.717, 1.165) is 0 Å². The van der Waals surface area contributed by atoms with Crippen LogP contribution < -0.4 is 5.73 Å². The first-order valence-electron chi connectivity index (χ1n) is 4.45. The van der Waals surface area contributed by atoms with Gasteiger partial charge in [-0.15, -0.1) is 0 Å². The van der Waals surface area contributed by atoms with Gasteiger partial charge in [0.2, 0.25) is 0 Å². The van der Waals surface area contributed by atoms with Gasteiger partial charge in [-0.2, -0.15) is 0 Å². The smallest absolute Gasteiger partial charge is 0.171 e. The van der Waals surface area contributed by atoms with Crippen LogP contribution in [0.25, 0.3) is 0 Å². The molecular formula is C11H15NO2. The molecule has 1 rings (SSSR count). The molecule has 0 aromatic heterocycles. The van der Waals surface area contributed by atoms with Crippen molar-refractivity contribution in [1.82, 2.24) is 0 Å². The highest BCUT2D eigenvalue weighted by Crippen LogP contribution is 2.27. The van der Waals surface area contributed by atoms with E-state index >= 15 is 0 Å². The molecule has 0 spiro atoms. The number of nitrogen functional groups attached to an aromatic ring is 1. The molecule has 0 aliphatic carbocycles. The summed E-state index contributed by atoms with van der Waals surface area (Å²) in [4.78, 5) is 11.8. The molecule has 3 nitrogen and oxygen atoms in total. The van der Waals surface area contributed by atoms with E-state index in [1.165, 1.54) is 12.1 Å². The Bertz CT molecular complexity index is 364. The number of phenols is 1. The summed E-state index contributed by atoms with van der Waals surface area (Å²) in [5.74, 6) is -0.124. The average Bonchev–Trinajstić information content (AvgIpc) is 2.06. The molecule has 0 heterocycles. The second-order valence-corrected chi connectivity index (χ2v) is 4.36. The van der Waals surface area contributed by atoms with Crippen molar-refractivity contribution in [2.75, 3.05) is 5.73 Å². The lowest BCUT2D eigenvalue weighted by atomic mass is 9.86. The van der Waals surface area contributed by atoms with Gasteiger partial charge in [-0.3, -0.25) is 4.79 Å². The van der Waals surface area contributed by atoms with Crippen molar-refractivity contribution in [3.63, 3.8) is 0 Å². The minimum absolute atomic E-state index is 0.0147. The Kier molecular flexibility index (Phi) is 2.51. The summed E-state index contributed by atoms with van der Waals surface area (Å²) in [6, 6.07) is 4.51. The predicted octanol–water partition coefficient (Wildman–Crippen LogP) is 2.20. The summed E-state index contributed by atoms with van der Waals surface area (Å²) in [6.07, 6.45) is 0. The third-order valence-corrected chi connectivity index (χ3v) is 1.95. The highest BCUT2D eigenvalue weighted by molar-refractivity contribution is 6.02. The fraction of sp³-hybridized carbons (Fsp3) is 0.364. The van der Waals surface area contributed by atoms with Crippen molar-refractivity contribution >= 4 is 11.5 Å². The highest BCUT2D eigenvalue weighted by atomic mass is 16.3. The number of rotatable bonds is 1. The van der Waals surface area contributed by atoms with Gasteiger partial charge >= 0.3 is 0 Å². The Morgan fingerprint density at radius 2 is 1.93 bits per heavy atom. The molecule has 0 fully saturated rings. The molecule has 0 aliphatic rings. The van der Waals surface area contributed by atoms with E-state index in [1.54, 1.807) is 26.8 Å². The standard InChI is InChI=1S/C11H15NO2/c1-11(2,3)10(14)8-6-7(12)4-5-9(8)13/h4-6,13H,12H2,1-3H3. The molecule has 0 aliphatic heterocycles. The number of benzene rings is 1. The minimum Gasteiger partial charge on any atom is -0.507 e. The Hall–Kier alpha value is -1.51. The average molecular weight is 193 g/mol. The predicted molar refractivity (Wildman–Crippen MR) is 56.3 cm³/mol. The number of phenolic OH excluding ortho intramolecular Hbond substituents is 1. The van der Waals surface area contributed by atoms with Crippen molar-refractivity contribution in [2.45, 2.75) is 20.8 Å². The molecule has 0 radical (unpaired) electrons. The number of carbonyl (C=O) groups excluding carboxylic acids is 1. The van der Waals surface area contributed by atoms with Crippen molar-refractivity contribution in [3.05, 3.63) is 23.8 Å². The van der Waals surface area contributed by atoms with Crippen molar-refractivity contribution < 1.29 is 9.90 Å². The highest BCUT2D eigenvalue weighted by Gasteiger charge is 2.25. The van der Waals surface area contributed by atoms with Crippen LogP contribution in [0.1, 0.15) is 31.1 Å². The van der Waals surface area contributed by atoms with Gasteiger partial charge in [-0.05, 0) is 18.2 Å². The molecule has 0 bridgehead atoms. The topological polar surface area (TPSA) is 63.3 Å². The Morgan fingerprint density at radius 1 is 1.36 bits per heavy atom. The van der Waals surface area contributed by atoms with Gasteiger partial charge in [0.1, 0.15) is 5.75 Å². The monoisotopic (exact) mass is 193 g/mol. The number of Topliss-reactive ketones (excluding diaryl/α,β-unsaturated/α-hetero) is 1. The van der Waals surface area contributed by atoms with Crippen LogP contribution in [0.2, 0.25) is 0 Å². The fourth-order valence-electron chi connectivity index (χ4n) is 1.14. The number of hydrogen-bond acceptors (Lipinski definition) is 3. The third kappa shape index (κ3) is 2.05. The number of aromatic hydroxyl groups is 1. The van der Waals surface area contributed by atoms with Gasteiger partial charge in [-0.1, -0.05) is 20.8 Å². The molecule has 76 valence electrons. The van der Waals surface area contributed by atoms with E-state index in [2.05, 4.69) is 0 Å². The lowest BCUT2D eigenvalue weighted by Gasteiger charge is -2.17. The number of nitrogens with two attached hydrogens (primary N) is 1. The van der Waals surface area contributed by atoms with Crippen LogP contribution in [0.4, 0.5) is 5.69 Å². The Labute approximate surface area is 83.6 Å². The summed E-state index contributed by atoms with van der Waals surface area (Å²) in [5.41, 5.74) is 5.81. The maximum atomic E-state index is 11.8. The lowest BCUT2D eigenvalue weighted by molar-refractivity contribution is 0.0855. The lowest BCUT2D eigenvalue weighted by Crippen LogP contribution is -2.20. The largest absolute Gasteiger partial charge is 0.507 e. The van der Waals surface area contributed by atoms with Crippen molar-refractivity contribution in [2.24, 2.45) is 5.41 Å². The molecule has 1 aromatic carbocycles. The van der Waals surface area contributed by atoms with Crippen LogP contribution in [0.15, 0.2) is 18.2 Å². The maximum Gasteiger partial charge on any atom is 0.171 e. The first kappa shape index (κ1) is 10.6. The van der Waals surface area contributed by atoms with Crippen molar-refractivity contribution in [1.29, 1.82) is 0 Å². The van der Waals surface area contributed by atoms with E-state index in [1.807, 2.05) is 0 Å². The van der Waals surface area contributed by atoms with Crippen LogP contribution in [-0.2, 0) is 0 Å². The fourth-order valence-corrected chi connectivity index (χ4v) is 1.14. The number of anilines is 1. The zero-order valence-corrected chi connectivity index (χ0v) is 8.66. The first-order valence-corrected chi connectivity index (χ1v) is 4.45. The van der Waals surface area contributed by atoms with E-state index in [9.17, 15) is 9.90 Å². The first-order chi connectivity index (χ1) is 6.32. The molecule has 0 amide bonds. The summed E-state index contributed by atoms with van der Waals surface area (Å²) in [5, 5.41) is 9.49. The maximum absolute atomic E-state index is 11.8. The molecule has 1 aromatic rings. The number of hydrogen-bond donors (Lipinski definition) is 2. The molecule has 14 heavy (non-hydrogen) atoms. The van der Waals surface area contributed by atoms with Gasteiger partial charge < -0.3 is 10.8 Å². The van der Waals surface area contributed by atoms with E-state index in [4.69, 9.17) is 5.73 Å². The van der Waals surface area contributed by atoms with Crippen LogP contribution >= 0.6 is 0 Å². The van der Waals surface area contributed by atoms with Crippen LogP contribution in [0.5, 0.6) is 5.75 Å². The normalized spacial score (nSPS) is 11.4. The van der Waals surface area contributed by atoms with Gasteiger partial charge in [0.15, 0.2) is 5.78 Å². The summed E-state index contributed by atoms with van der Waals surface area (Å²) >= 11 is 0.